The second-order valence-corrected chi connectivity index (χ2v) is 7.33. The monoisotopic (exact) mass is 428 g/mol. The number of amides is 1. The summed E-state index contributed by atoms with van der Waals surface area (Å²) in [6.45, 7) is 1.64. The molecule has 5 nitrogen and oxygen atoms in total. The van der Waals surface area contributed by atoms with Gasteiger partial charge in [-0.1, -0.05) is 29.8 Å². The number of aliphatic hydroxyl groups is 1. The highest BCUT2D eigenvalue weighted by Gasteiger charge is 2.39. The Bertz CT molecular complexity index is 851. The zero-order chi connectivity index (χ0) is 21.1. The van der Waals surface area contributed by atoms with E-state index in [0.29, 0.717) is 24.7 Å². The molecule has 0 spiro atoms. The van der Waals surface area contributed by atoms with Crippen LogP contribution in [0.5, 0.6) is 5.75 Å². The number of anilines is 1. The highest BCUT2D eigenvalue weighted by atomic mass is 35.5. The van der Waals surface area contributed by atoms with E-state index < -0.39 is 17.9 Å². The minimum atomic E-state index is -4.78. The van der Waals surface area contributed by atoms with E-state index in [-0.39, 0.29) is 24.3 Å². The first-order valence-corrected chi connectivity index (χ1v) is 9.38. The van der Waals surface area contributed by atoms with Gasteiger partial charge in [0.1, 0.15) is 11.4 Å². The van der Waals surface area contributed by atoms with Crippen molar-refractivity contribution < 1.29 is 27.8 Å². The smallest absolute Gasteiger partial charge is 0.406 e. The van der Waals surface area contributed by atoms with Crippen LogP contribution in [0, 0.1) is 0 Å². The van der Waals surface area contributed by atoms with Crippen molar-refractivity contribution in [2.75, 3.05) is 18.4 Å². The van der Waals surface area contributed by atoms with Gasteiger partial charge < -0.3 is 15.2 Å². The molecule has 0 unspecified atom stereocenters. The van der Waals surface area contributed by atoms with Gasteiger partial charge in [-0.05, 0) is 48.7 Å². The van der Waals surface area contributed by atoms with Crippen LogP contribution < -0.4 is 10.1 Å². The molecule has 0 atom stereocenters. The zero-order valence-corrected chi connectivity index (χ0v) is 16.1. The van der Waals surface area contributed by atoms with Crippen LogP contribution in [0.25, 0.3) is 0 Å². The number of likely N-dealkylation sites (tertiary alicyclic amines) is 1. The largest absolute Gasteiger partial charge is 0.573 e. The van der Waals surface area contributed by atoms with Gasteiger partial charge in [0.2, 0.25) is 0 Å². The fourth-order valence-electron chi connectivity index (χ4n) is 3.16. The number of carbonyl (C=O) groups is 1. The van der Waals surface area contributed by atoms with Gasteiger partial charge in [0.05, 0.1) is 0 Å². The lowest BCUT2D eigenvalue weighted by atomic mass is 9.90. The summed E-state index contributed by atoms with van der Waals surface area (Å²) in [5.41, 5.74) is -0.292. The van der Waals surface area contributed by atoms with E-state index in [9.17, 15) is 23.1 Å². The van der Waals surface area contributed by atoms with Crippen molar-refractivity contribution in [3.05, 3.63) is 59.1 Å². The van der Waals surface area contributed by atoms with E-state index in [2.05, 4.69) is 15.0 Å². The normalized spacial score (nSPS) is 17.0. The van der Waals surface area contributed by atoms with E-state index in [1.54, 1.807) is 0 Å². The number of nitrogens with one attached hydrogen (secondary N) is 1. The maximum absolute atomic E-state index is 12.5. The number of halogens is 4. The molecule has 0 aliphatic carbocycles. The van der Waals surface area contributed by atoms with Crippen LogP contribution in [-0.4, -0.2) is 41.0 Å². The molecule has 2 aromatic rings. The van der Waals surface area contributed by atoms with Crippen molar-refractivity contribution >= 4 is 23.2 Å². The van der Waals surface area contributed by atoms with Crippen LogP contribution in [0.2, 0.25) is 5.02 Å². The van der Waals surface area contributed by atoms with Gasteiger partial charge >= 0.3 is 6.36 Å². The van der Waals surface area contributed by atoms with Crippen LogP contribution in [0.4, 0.5) is 18.9 Å². The third-order valence-corrected chi connectivity index (χ3v) is 5.17. The Morgan fingerprint density at radius 1 is 1.14 bits per heavy atom. The molecule has 29 heavy (non-hydrogen) atoms. The van der Waals surface area contributed by atoms with Gasteiger partial charge in [-0.3, -0.25) is 9.69 Å². The molecule has 0 saturated carbocycles. The Hall–Kier alpha value is -2.29. The molecule has 156 valence electrons. The predicted octanol–water partition coefficient (Wildman–Crippen LogP) is 4.20. The molecular formula is C20H20ClF3N2O3. The van der Waals surface area contributed by atoms with E-state index in [4.69, 9.17) is 11.6 Å². The lowest BCUT2D eigenvalue weighted by Crippen LogP contribution is -2.51. The number of alkyl halides is 3. The second-order valence-electron chi connectivity index (χ2n) is 6.93. The summed E-state index contributed by atoms with van der Waals surface area (Å²) in [4.78, 5) is 14.6. The lowest BCUT2D eigenvalue weighted by molar-refractivity contribution is -0.274. The Balaban J connectivity index is 1.54. The molecule has 1 aliphatic rings. The van der Waals surface area contributed by atoms with Gasteiger partial charge in [-0.2, -0.15) is 0 Å². The van der Waals surface area contributed by atoms with Crippen LogP contribution in [0.3, 0.4) is 0 Å². The fraction of sp³-hybridized carbons (Fsp3) is 0.350. The van der Waals surface area contributed by atoms with Crippen molar-refractivity contribution in [2.45, 2.75) is 31.3 Å². The number of carbonyl (C=O) groups excluding carboxylic acids is 1. The number of hydrogen-bond acceptors (Lipinski definition) is 4. The first-order valence-electron chi connectivity index (χ1n) is 9.00. The Kier molecular flexibility index (Phi) is 6.36. The minimum Gasteiger partial charge on any atom is -0.406 e. The molecule has 1 fully saturated rings. The number of benzene rings is 2. The molecule has 9 heteroatoms. The van der Waals surface area contributed by atoms with Crippen LogP contribution in [-0.2, 0) is 11.3 Å². The number of nitrogens with zero attached hydrogens (tertiary/aromatic N) is 1. The maximum Gasteiger partial charge on any atom is 0.573 e. The summed E-state index contributed by atoms with van der Waals surface area (Å²) >= 11 is 6.18. The van der Waals surface area contributed by atoms with Crippen LogP contribution >= 0.6 is 11.6 Å². The van der Waals surface area contributed by atoms with E-state index in [1.807, 2.05) is 24.3 Å². The predicted molar refractivity (Wildman–Crippen MR) is 103 cm³/mol. The highest BCUT2D eigenvalue weighted by molar-refractivity contribution is 6.31. The van der Waals surface area contributed by atoms with Crippen molar-refractivity contribution in [1.29, 1.82) is 0 Å². The number of ether oxygens (including phenoxy) is 1. The molecule has 2 N–H and O–H groups in total. The molecule has 0 aromatic heterocycles. The fourth-order valence-corrected chi connectivity index (χ4v) is 3.36. The summed E-state index contributed by atoms with van der Waals surface area (Å²) in [5, 5.41) is 13.9. The number of hydrogen-bond donors (Lipinski definition) is 2. The lowest BCUT2D eigenvalue weighted by Gasteiger charge is -2.37. The molecule has 1 amide bonds. The Morgan fingerprint density at radius 3 is 2.34 bits per heavy atom. The van der Waals surface area contributed by atoms with Crippen LogP contribution in [0.1, 0.15) is 18.4 Å². The summed E-state index contributed by atoms with van der Waals surface area (Å²) in [6.07, 6.45) is -4.31. The molecule has 1 heterocycles. The molecular weight excluding hydrogens is 409 g/mol. The number of piperidine rings is 1. The third-order valence-electron chi connectivity index (χ3n) is 4.80. The van der Waals surface area contributed by atoms with E-state index in [0.717, 1.165) is 17.7 Å². The van der Waals surface area contributed by atoms with Crippen molar-refractivity contribution in [2.24, 2.45) is 0 Å². The summed E-state index contributed by atoms with van der Waals surface area (Å²) < 4.78 is 40.4. The molecule has 1 aliphatic heterocycles. The van der Waals surface area contributed by atoms with E-state index in [1.165, 1.54) is 12.1 Å². The van der Waals surface area contributed by atoms with Gasteiger partial charge in [0, 0.05) is 30.3 Å². The first kappa shape index (κ1) is 21.4. The standard InChI is InChI=1S/C20H20ClF3N2O3/c21-17-4-2-1-3-14(17)13-26-11-9-19(28,10-12-26)18(27)25-15-5-7-16(8-6-15)29-20(22,23)24/h1-8,28H,9-13H2,(H,25,27). The van der Waals surface area contributed by atoms with Gasteiger partial charge in [-0.25, -0.2) is 0 Å². The molecule has 3 rings (SSSR count). The molecule has 2 aromatic carbocycles. The zero-order valence-electron chi connectivity index (χ0n) is 15.4. The van der Waals surface area contributed by atoms with Gasteiger partial charge in [0.15, 0.2) is 0 Å². The topological polar surface area (TPSA) is 61.8 Å². The summed E-state index contributed by atoms with van der Waals surface area (Å²) in [5.74, 6) is -0.971. The highest BCUT2D eigenvalue weighted by Crippen LogP contribution is 2.28. The van der Waals surface area contributed by atoms with Gasteiger partial charge in [-0.15, -0.1) is 13.2 Å². The second kappa shape index (κ2) is 8.61. The van der Waals surface area contributed by atoms with Crippen molar-refractivity contribution in [3.8, 4) is 5.75 Å². The van der Waals surface area contributed by atoms with Gasteiger partial charge in [0.25, 0.3) is 5.91 Å². The summed E-state index contributed by atoms with van der Waals surface area (Å²) in [6, 6.07) is 12.3. The van der Waals surface area contributed by atoms with Crippen molar-refractivity contribution in [1.82, 2.24) is 4.90 Å². The Labute approximate surface area is 171 Å². The maximum atomic E-state index is 12.5. The Morgan fingerprint density at radius 2 is 1.76 bits per heavy atom. The quantitative estimate of drug-likeness (QED) is 0.749. The summed E-state index contributed by atoms with van der Waals surface area (Å²) in [7, 11) is 0. The van der Waals surface area contributed by atoms with E-state index >= 15 is 0 Å². The average Bonchev–Trinajstić information content (AvgIpc) is 2.66. The van der Waals surface area contributed by atoms with Crippen molar-refractivity contribution in [3.63, 3.8) is 0 Å². The number of rotatable bonds is 5. The molecule has 1 saturated heterocycles. The molecule has 0 bridgehead atoms. The first-order chi connectivity index (χ1) is 13.6. The third kappa shape index (κ3) is 5.85. The SMILES string of the molecule is O=C(Nc1ccc(OC(F)(F)F)cc1)C1(O)CCN(Cc2ccccc2Cl)CC1. The minimum absolute atomic E-state index is 0.235. The molecule has 0 radical (unpaired) electrons. The van der Waals surface area contributed by atoms with Crippen LogP contribution in [0.15, 0.2) is 48.5 Å². The average molecular weight is 429 g/mol.